The molecular formula is C7H14O2. The molecule has 2 nitrogen and oxygen atoms in total. The largest absolute Gasteiger partial charge is 0.389 e. The zero-order valence-corrected chi connectivity index (χ0v) is 6.43. The van der Waals surface area contributed by atoms with E-state index in [9.17, 15) is 9.90 Å². The third-order valence-corrected chi connectivity index (χ3v) is 1.87. The van der Waals surface area contributed by atoms with Crippen molar-refractivity contribution < 1.29 is 9.90 Å². The van der Waals surface area contributed by atoms with Crippen molar-refractivity contribution in [2.45, 2.75) is 33.3 Å². The molecule has 0 amide bonds. The molecule has 0 bridgehead atoms. The number of carbonyl (C=O) groups is 1. The van der Waals surface area contributed by atoms with Crippen LogP contribution in [0.2, 0.25) is 0 Å². The topological polar surface area (TPSA) is 37.3 Å². The van der Waals surface area contributed by atoms with E-state index in [2.05, 4.69) is 0 Å². The summed E-state index contributed by atoms with van der Waals surface area (Å²) in [6.45, 7) is 6.67. The monoisotopic (exact) mass is 130 g/mol. The molecule has 0 rings (SSSR count). The molecule has 0 saturated heterocycles. The Morgan fingerprint density at radius 1 is 1.22 bits per heavy atom. The van der Waals surface area contributed by atoms with E-state index in [0.717, 1.165) is 6.29 Å². The number of hydrogen-bond donors (Lipinski definition) is 1. The lowest BCUT2D eigenvalue weighted by molar-refractivity contribution is -0.126. The lowest BCUT2D eigenvalue weighted by atomic mass is 9.79. The van der Waals surface area contributed by atoms with E-state index in [0.29, 0.717) is 0 Å². The van der Waals surface area contributed by atoms with Gasteiger partial charge in [0, 0.05) is 5.41 Å². The fourth-order valence-corrected chi connectivity index (χ4v) is 0.144. The summed E-state index contributed by atoms with van der Waals surface area (Å²) in [6, 6.07) is 0. The second-order valence-electron chi connectivity index (χ2n) is 3.40. The molecule has 1 N–H and O–H groups in total. The summed E-state index contributed by atoms with van der Waals surface area (Å²) in [5.74, 6) is 0. The summed E-state index contributed by atoms with van der Waals surface area (Å²) in [4.78, 5) is 10.3. The minimum absolute atomic E-state index is 0.646. The summed E-state index contributed by atoms with van der Waals surface area (Å²) in [7, 11) is 0. The minimum atomic E-state index is -0.922. The first-order valence-corrected chi connectivity index (χ1v) is 3.00. The summed E-state index contributed by atoms with van der Waals surface area (Å²) in [5.41, 5.74) is -1.57. The fraction of sp³-hybridized carbons (Fsp3) is 0.857. The molecule has 2 heteroatoms. The molecule has 0 heterocycles. The van der Waals surface area contributed by atoms with Crippen molar-refractivity contribution in [2.24, 2.45) is 5.41 Å². The highest BCUT2D eigenvalue weighted by Crippen LogP contribution is 2.26. The third-order valence-electron chi connectivity index (χ3n) is 1.87. The van der Waals surface area contributed by atoms with E-state index < -0.39 is 11.0 Å². The van der Waals surface area contributed by atoms with Crippen molar-refractivity contribution in [3.63, 3.8) is 0 Å². The Bertz CT molecular complexity index is 109. The Hall–Kier alpha value is -0.370. The molecule has 0 fully saturated rings. The molecule has 0 atom stereocenters. The Labute approximate surface area is 55.9 Å². The normalized spacial score (nSPS) is 13.4. The van der Waals surface area contributed by atoms with E-state index in [-0.39, 0.29) is 0 Å². The van der Waals surface area contributed by atoms with Crippen LogP contribution in [0, 0.1) is 5.41 Å². The molecule has 0 aliphatic rings. The Kier molecular flexibility index (Phi) is 2.02. The van der Waals surface area contributed by atoms with Crippen LogP contribution in [0.25, 0.3) is 0 Å². The summed E-state index contributed by atoms with van der Waals surface area (Å²) < 4.78 is 0. The van der Waals surface area contributed by atoms with E-state index in [1.54, 1.807) is 27.7 Å². The third kappa shape index (κ3) is 1.79. The molecule has 0 aromatic carbocycles. The standard InChI is InChI=1S/C7H14O2/c1-6(2,5-8)7(3,4)9/h5,9H,1-4H3. The van der Waals surface area contributed by atoms with Gasteiger partial charge in [0.15, 0.2) is 0 Å². The van der Waals surface area contributed by atoms with Crippen molar-refractivity contribution in [2.75, 3.05) is 0 Å². The minimum Gasteiger partial charge on any atom is -0.389 e. The Morgan fingerprint density at radius 3 is 1.56 bits per heavy atom. The number of rotatable bonds is 2. The molecular weight excluding hydrogens is 116 g/mol. The first-order chi connectivity index (χ1) is 3.81. The van der Waals surface area contributed by atoms with Gasteiger partial charge in [0.1, 0.15) is 6.29 Å². The highest BCUT2D eigenvalue weighted by molar-refractivity contribution is 5.59. The zero-order chi connectivity index (χ0) is 7.71. The van der Waals surface area contributed by atoms with E-state index in [1.165, 1.54) is 0 Å². The number of carbonyl (C=O) groups excluding carboxylic acids is 1. The van der Waals surface area contributed by atoms with Gasteiger partial charge in [-0.1, -0.05) is 13.8 Å². The SMILES string of the molecule is CC(C)(O)C(C)(C)C=O. The van der Waals surface area contributed by atoms with Gasteiger partial charge in [0.25, 0.3) is 0 Å². The predicted octanol–water partition coefficient (Wildman–Crippen LogP) is 0.982. The molecule has 0 spiro atoms. The van der Waals surface area contributed by atoms with E-state index in [1.807, 2.05) is 0 Å². The quantitative estimate of drug-likeness (QED) is 0.566. The van der Waals surface area contributed by atoms with Crippen LogP contribution in [0.15, 0.2) is 0 Å². The predicted molar refractivity (Wildman–Crippen MR) is 36.1 cm³/mol. The van der Waals surface area contributed by atoms with E-state index in [4.69, 9.17) is 0 Å². The van der Waals surface area contributed by atoms with Crippen LogP contribution in [-0.4, -0.2) is 17.0 Å². The first kappa shape index (κ1) is 8.63. The maximum Gasteiger partial charge on any atom is 0.128 e. The molecule has 0 aromatic rings. The molecule has 9 heavy (non-hydrogen) atoms. The van der Waals surface area contributed by atoms with Crippen LogP contribution in [-0.2, 0) is 4.79 Å². The maximum atomic E-state index is 10.3. The zero-order valence-electron chi connectivity index (χ0n) is 6.43. The Morgan fingerprint density at radius 2 is 1.56 bits per heavy atom. The lowest BCUT2D eigenvalue weighted by Gasteiger charge is -2.31. The van der Waals surface area contributed by atoms with E-state index >= 15 is 0 Å². The van der Waals surface area contributed by atoms with Crippen LogP contribution >= 0.6 is 0 Å². The van der Waals surface area contributed by atoms with Crippen LogP contribution in [0.4, 0.5) is 0 Å². The van der Waals surface area contributed by atoms with Gasteiger partial charge in [-0.15, -0.1) is 0 Å². The van der Waals surface area contributed by atoms with Gasteiger partial charge in [-0.05, 0) is 13.8 Å². The number of aldehydes is 1. The van der Waals surface area contributed by atoms with Crippen molar-refractivity contribution in [1.29, 1.82) is 0 Å². The van der Waals surface area contributed by atoms with Gasteiger partial charge in [-0.3, -0.25) is 0 Å². The van der Waals surface area contributed by atoms with Crippen LogP contribution in [0.1, 0.15) is 27.7 Å². The van der Waals surface area contributed by atoms with Crippen LogP contribution < -0.4 is 0 Å². The summed E-state index contributed by atoms with van der Waals surface area (Å²) in [5, 5.41) is 9.31. The lowest BCUT2D eigenvalue weighted by Crippen LogP contribution is -2.39. The van der Waals surface area contributed by atoms with Crippen molar-refractivity contribution >= 4 is 6.29 Å². The van der Waals surface area contributed by atoms with Gasteiger partial charge in [0.2, 0.25) is 0 Å². The molecule has 0 aliphatic heterocycles. The van der Waals surface area contributed by atoms with Gasteiger partial charge >= 0.3 is 0 Å². The summed E-state index contributed by atoms with van der Waals surface area (Å²) in [6.07, 6.45) is 0.771. The van der Waals surface area contributed by atoms with Crippen molar-refractivity contribution in [3.05, 3.63) is 0 Å². The molecule has 0 aliphatic carbocycles. The van der Waals surface area contributed by atoms with Gasteiger partial charge in [-0.2, -0.15) is 0 Å². The molecule has 0 unspecified atom stereocenters. The number of aliphatic hydroxyl groups is 1. The Balaban J connectivity index is 4.32. The first-order valence-electron chi connectivity index (χ1n) is 3.00. The highest BCUT2D eigenvalue weighted by Gasteiger charge is 2.34. The van der Waals surface area contributed by atoms with Crippen molar-refractivity contribution in [1.82, 2.24) is 0 Å². The van der Waals surface area contributed by atoms with Crippen molar-refractivity contribution in [3.8, 4) is 0 Å². The second kappa shape index (κ2) is 2.10. The molecule has 0 radical (unpaired) electrons. The second-order valence-corrected chi connectivity index (χ2v) is 3.40. The molecule has 0 saturated carbocycles. The van der Waals surface area contributed by atoms with Gasteiger partial charge in [0.05, 0.1) is 5.60 Å². The van der Waals surface area contributed by atoms with Gasteiger partial charge < -0.3 is 9.90 Å². The average molecular weight is 130 g/mol. The maximum absolute atomic E-state index is 10.3. The fourth-order valence-electron chi connectivity index (χ4n) is 0.144. The van der Waals surface area contributed by atoms with Crippen LogP contribution in [0.3, 0.4) is 0 Å². The summed E-state index contributed by atoms with van der Waals surface area (Å²) >= 11 is 0. The smallest absolute Gasteiger partial charge is 0.128 e. The number of hydrogen-bond acceptors (Lipinski definition) is 2. The highest BCUT2D eigenvalue weighted by atomic mass is 16.3. The van der Waals surface area contributed by atoms with Crippen LogP contribution in [0.5, 0.6) is 0 Å². The van der Waals surface area contributed by atoms with Gasteiger partial charge in [-0.25, -0.2) is 0 Å². The molecule has 54 valence electrons. The molecule has 0 aromatic heterocycles. The average Bonchev–Trinajstić information content (AvgIpc) is 1.64.